The Balaban J connectivity index is 2.12. The van der Waals surface area contributed by atoms with E-state index in [4.69, 9.17) is 0 Å². The largest absolute Gasteiger partial charge is 0.312 e. The van der Waals surface area contributed by atoms with Crippen molar-refractivity contribution in [2.75, 3.05) is 23.8 Å². The summed E-state index contributed by atoms with van der Waals surface area (Å²) in [6, 6.07) is 0.190. The molecule has 0 aromatic rings. The molecule has 5 heteroatoms. The lowest BCUT2D eigenvalue weighted by Gasteiger charge is -2.18. The number of rotatable bonds is 4. The van der Waals surface area contributed by atoms with Crippen LogP contribution in [0.2, 0.25) is 0 Å². The maximum Gasteiger partial charge on any atom is 0.151 e. The zero-order chi connectivity index (χ0) is 11.5. The van der Waals surface area contributed by atoms with Gasteiger partial charge in [-0.1, -0.05) is 20.8 Å². The molecule has 0 aromatic heterocycles. The van der Waals surface area contributed by atoms with Crippen molar-refractivity contribution in [1.82, 2.24) is 5.32 Å². The summed E-state index contributed by atoms with van der Waals surface area (Å²) in [5, 5.41) is 3.31. The van der Waals surface area contributed by atoms with E-state index in [1.54, 1.807) is 0 Å². The molecule has 1 aliphatic heterocycles. The average molecular weight is 251 g/mol. The van der Waals surface area contributed by atoms with Crippen molar-refractivity contribution in [3.63, 3.8) is 0 Å². The third kappa shape index (κ3) is 5.78. The summed E-state index contributed by atoms with van der Waals surface area (Å²) in [7, 11) is -2.73. The fourth-order valence-corrected chi connectivity index (χ4v) is 4.12. The fourth-order valence-electron chi connectivity index (χ4n) is 1.58. The van der Waals surface area contributed by atoms with Gasteiger partial charge in [0, 0.05) is 23.1 Å². The summed E-state index contributed by atoms with van der Waals surface area (Å²) >= 11 is 1.90. The summed E-state index contributed by atoms with van der Waals surface area (Å²) in [5.41, 5.74) is 0. The Labute approximate surface area is 97.3 Å². The molecule has 15 heavy (non-hydrogen) atoms. The lowest BCUT2D eigenvalue weighted by atomic mass is 10.3. The van der Waals surface area contributed by atoms with Gasteiger partial charge in [-0.2, -0.15) is 11.8 Å². The standard InChI is InChI=1S/C10H21NO2S2/c1-10(2,3)14-6-5-11-9-4-7-15(12,13)8-9/h9,11H,4-8H2,1-3H3. The first-order valence-electron chi connectivity index (χ1n) is 5.36. The van der Waals surface area contributed by atoms with Gasteiger partial charge in [-0.25, -0.2) is 8.42 Å². The van der Waals surface area contributed by atoms with Gasteiger partial charge in [-0.05, 0) is 6.42 Å². The molecule has 1 aliphatic rings. The van der Waals surface area contributed by atoms with Crippen LogP contribution in [-0.2, 0) is 9.84 Å². The van der Waals surface area contributed by atoms with Gasteiger partial charge in [0.25, 0.3) is 0 Å². The molecular formula is C10H21NO2S2. The van der Waals surface area contributed by atoms with Crippen LogP contribution in [0.1, 0.15) is 27.2 Å². The Kier molecular flexibility index (Phi) is 4.50. The molecular weight excluding hydrogens is 230 g/mol. The van der Waals surface area contributed by atoms with Crippen LogP contribution in [0.4, 0.5) is 0 Å². The smallest absolute Gasteiger partial charge is 0.151 e. The molecule has 1 fully saturated rings. The van der Waals surface area contributed by atoms with Crippen molar-refractivity contribution in [2.45, 2.75) is 38.0 Å². The number of thioether (sulfide) groups is 1. The topological polar surface area (TPSA) is 46.2 Å². The molecule has 0 radical (unpaired) electrons. The van der Waals surface area contributed by atoms with Crippen LogP contribution in [0, 0.1) is 0 Å². The average Bonchev–Trinajstić information content (AvgIpc) is 2.38. The van der Waals surface area contributed by atoms with E-state index in [2.05, 4.69) is 26.1 Å². The molecule has 90 valence electrons. The summed E-state index contributed by atoms with van der Waals surface area (Å²) in [5.74, 6) is 1.73. The molecule has 1 atom stereocenters. The van der Waals surface area contributed by atoms with Crippen LogP contribution >= 0.6 is 11.8 Å². The third-order valence-corrected chi connectivity index (χ3v) is 5.34. The highest BCUT2D eigenvalue weighted by atomic mass is 32.2. The number of hydrogen-bond donors (Lipinski definition) is 1. The molecule has 0 aliphatic carbocycles. The molecule has 0 aromatic carbocycles. The molecule has 3 nitrogen and oxygen atoms in total. The molecule has 1 rings (SSSR count). The number of nitrogens with one attached hydrogen (secondary N) is 1. The predicted octanol–water partition coefficient (Wildman–Crippen LogP) is 1.29. The Bertz CT molecular complexity index is 293. The van der Waals surface area contributed by atoms with Crippen LogP contribution in [0.3, 0.4) is 0 Å². The summed E-state index contributed by atoms with van der Waals surface area (Å²) in [6.07, 6.45) is 0.780. The quantitative estimate of drug-likeness (QED) is 0.765. The van der Waals surface area contributed by atoms with E-state index < -0.39 is 9.84 Å². The Morgan fingerprint density at radius 3 is 2.53 bits per heavy atom. The van der Waals surface area contributed by atoms with Gasteiger partial charge in [0.05, 0.1) is 11.5 Å². The summed E-state index contributed by atoms with van der Waals surface area (Å²) in [6.45, 7) is 7.48. The van der Waals surface area contributed by atoms with Gasteiger partial charge in [0.15, 0.2) is 9.84 Å². The van der Waals surface area contributed by atoms with Crippen molar-refractivity contribution in [2.24, 2.45) is 0 Å². The maximum atomic E-state index is 11.2. The molecule has 0 saturated carbocycles. The molecule has 1 heterocycles. The van der Waals surface area contributed by atoms with Crippen LogP contribution in [0.5, 0.6) is 0 Å². The van der Waals surface area contributed by atoms with E-state index in [1.807, 2.05) is 11.8 Å². The Hall–Kier alpha value is 0.260. The van der Waals surface area contributed by atoms with E-state index >= 15 is 0 Å². The number of sulfone groups is 1. The molecule has 0 spiro atoms. The minimum atomic E-state index is -2.73. The van der Waals surface area contributed by atoms with E-state index in [1.165, 1.54) is 0 Å². The number of hydrogen-bond acceptors (Lipinski definition) is 4. The second-order valence-electron chi connectivity index (χ2n) is 5.01. The van der Waals surface area contributed by atoms with Crippen molar-refractivity contribution < 1.29 is 8.42 Å². The van der Waals surface area contributed by atoms with Gasteiger partial charge in [-0.15, -0.1) is 0 Å². The van der Waals surface area contributed by atoms with Crippen molar-refractivity contribution in [3.05, 3.63) is 0 Å². The highest BCUT2D eigenvalue weighted by Crippen LogP contribution is 2.22. The minimum absolute atomic E-state index is 0.190. The van der Waals surface area contributed by atoms with Crippen molar-refractivity contribution in [3.8, 4) is 0 Å². The van der Waals surface area contributed by atoms with Gasteiger partial charge >= 0.3 is 0 Å². The van der Waals surface area contributed by atoms with Crippen LogP contribution in [-0.4, -0.2) is 43.0 Å². The lowest BCUT2D eigenvalue weighted by molar-refractivity contribution is 0.574. The summed E-state index contributed by atoms with van der Waals surface area (Å²) in [4.78, 5) is 0. The molecule has 1 N–H and O–H groups in total. The van der Waals surface area contributed by atoms with E-state index in [-0.39, 0.29) is 6.04 Å². The normalized spacial score (nSPS) is 25.7. The van der Waals surface area contributed by atoms with Gasteiger partial charge in [0.1, 0.15) is 0 Å². The second kappa shape index (κ2) is 5.06. The van der Waals surface area contributed by atoms with E-state index in [9.17, 15) is 8.42 Å². The van der Waals surface area contributed by atoms with Gasteiger partial charge in [0.2, 0.25) is 0 Å². The maximum absolute atomic E-state index is 11.2. The first-order chi connectivity index (χ1) is 6.79. The van der Waals surface area contributed by atoms with E-state index in [0.717, 1.165) is 18.7 Å². The highest BCUT2D eigenvalue weighted by molar-refractivity contribution is 8.00. The van der Waals surface area contributed by atoms with Crippen LogP contribution in [0.15, 0.2) is 0 Å². The minimum Gasteiger partial charge on any atom is -0.312 e. The molecule has 1 saturated heterocycles. The first-order valence-corrected chi connectivity index (χ1v) is 8.17. The van der Waals surface area contributed by atoms with Crippen molar-refractivity contribution in [1.29, 1.82) is 0 Å². The van der Waals surface area contributed by atoms with Gasteiger partial charge < -0.3 is 5.32 Å². The SMILES string of the molecule is CC(C)(C)SCCNC1CCS(=O)(=O)C1. The zero-order valence-electron chi connectivity index (χ0n) is 9.75. The van der Waals surface area contributed by atoms with Crippen LogP contribution in [0.25, 0.3) is 0 Å². The molecule has 0 bridgehead atoms. The highest BCUT2D eigenvalue weighted by Gasteiger charge is 2.27. The summed E-state index contributed by atoms with van der Waals surface area (Å²) < 4.78 is 22.7. The Morgan fingerprint density at radius 2 is 2.07 bits per heavy atom. The monoisotopic (exact) mass is 251 g/mol. The van der Waals surface area contributed by atoms with Crippen LogP contribution < -0.4 is 5.32 Å². The van der Waals surface area contributed by atoms with Crippen molar-refractivity contribution >= 4 is 21.6 Å². The molecule has 1 unspecified atom stereocenters. The fraction of sp³-hybridized carbons (Fsp3) is 1.00. The second-order valence-corrected chi connectivity index (χ2v) is 9.17. The third-order valence-electron chi connectivity index (χ3n) is 2.30. The predicted molar refractivity (Wildman–Crippen MR) is 67.3 cm³/mol. The van der Waals surface area contributed by atoms with Gasteiger partial charge in [-0.3, -0.25) is 0 Å². The molecule has 0 amide bonds. The Morgan fingerprint density at radius 1 is 1.40 bits per heavy atom. The lowest BCUT2D eigenvalue weighted by Crippen LogP contribution is -2.32. The first kappa shape index (κ1) is 13.3. The van der Waals surface area contributed by atoms with E-state index in [0.29, 0.717) is 16.3 Å². The zero-order valence-corrected chi connectivity index (χ0v) is 11.4.